The van der Waals surface area contributed by atoms with E-state index in [0.717, 1.165) is 36.9 Å². The molecule has 1 aromatic carbocycles. The lowest BCUT2D eigenvalue weighted by Gasteiger charge is -2.23. The maximum Gasteiger partial charge on any atom is 0.323 e. The number of aromatic nitrogens is 2. The van der Waals surface area contributed by atoms with Crippen LogP contribution in [0, 0.1) is 14.8 Å². The Balaban J connectivity index is 2.25. The molecule has 0 bridgehead atoms. The third-order valence-corrected chi connectivity index (χ3v) is 4.43. The predicted octanol–water partition coefficient (Wildman–Crippen LogP) is 3.15. The molecular formula is C16H15N3O4S. The van der Waals surface area contributed by atoms with Crippen molar-refractivity contribution in [3.05, 3.63) is 50.3 Å². The Hall–Kier alpha value is -2.61. The third kappa shape index (κ3) is 3.05. The highest BCUT2D eigenvalue weighted by Gasteiger charge is 2.21. The number of rotatable bonds is 4. The first-order valence-electron chi connectivity index (χ1n) is 7.56. The number of carbonyl (C=O) groups is 1. The minimum atomic E-state index is -0.988. The average Bonchev–Trinajstić information content (AvgIpc) is 2.57. The SMILES string of the molecule is O=C(O)Cn1c(-c2cccc([N+](=O)[O-])c2)nc(=S)c2c1CCCC2. The number of carboxylic acids is 1. The fourth-order valence-electron chi connectivity index (χ4n) is 3.05. The molecule has 1 aliphatic carbocycles. The second-order valence-electron chi connectivity index (χ2n) is 5.66. The monoisotopic (exact) mass is 345 g/mol. The fraction of sp³-hybridized carbons (Fsp3) is 0.312. The first-order valence-corrected chi connectivity index (χ1v) is 7.97. The summed E-state index contributed by atoms with van der Waals surface area (Å²) in [5.74, 6) is -0.620. The molecule has 1 N–H and O–H groups in total. The van der Waals surface area contributed by atoms with E-state index in [1.54, 1.807) is 16.7 Å². The molecule has 0 saturated heterocycles. The summed E-state index contributed by atoms with van der Waals surface area (Å²) in [7, 11) is 0. The van der Waals surface area contributed by atoms with E-state index in [0.29, 0.717) is 16.0 Å². The lowest BCUT2D eigenvalue weighted by molar-refractivity contribution is -0.384. The van der Waals surface area contributed by atoms with Crippen LogP contribution >= 0.6 is 12.2 Å². The Bertz CT molecular complexity index is 891. The van der Waals surface area contributed by atoms with Crippen LogP contribution < -0.4 is 0 Å². The second-order valence-corrected chi connectivity index (χ2v) is 6.05. The van der Waals surface area contributed by atoms with Crippen LogP contribution in [0.4, 0.5) is 5.69 Å². The molecule has 2 aromatic rings. The Morgan fingerprint density at radius 1 is 1.38 bits per heavy atom. The quantitative estimate of drug-likeness (QED) is 0.519. The maximum absolute atomic E-state index is 11.3. The van der Waals surface area contributed by atoms with Crippen LogP contribution in [0.5, 0.6) is 0 Å². The van der Waals surface area contributed by atoms with Gasteiger partial charge in [0.2, 0.25) is 0 Å². The number of aliphatic carboxylic acids is 1. The smallest absolute Gasteiger partial charge is 0.323 e. The van der Waals surface area contributed by atoms with Gasteiger partial charge in [-0.1, -0.05) is 24.4 Å². The molecule has 0 fully saturated rings. The summed E-state index contributed by atoms with van der Waals surface area (Å²) in [5.41, 5.74) is 2.22. The second kappa shape index (κ2) is 6.48. The van der Waals surface area contributed by atoms with Crippen LogP contribution in [0.15, 0.2) is 24.3 Å². The zero-order valence-corrected chi connectivity index (χ0v) is 13.6. The highest BCUT2D eigenvalue weighted by molar-refractivity contribution is 7.71. The van der Waals surface area contributed by atoms with Gasteiger partial charge in [0.1, 0.15) is 17.0 Å². The van der Waals surface area contributed by atoms with Crippen molar-refractivity contribution in [1.29, 1.82) is 0 Å². The van der Waals surface area contributed by atoms with E-state index in [1.165, 1.54) is 12.1 Å². The number of nitro benzene ring substituents is 1. The van der Waals surface area contributed by atoms with E-state index in [2.05, 4.69) is 4.98 Å². The van der Waals surface area contributed by atoms with Gasteiger partial charge in [-0.3, -0.25) is 14.9 Å². The molecule has 0 atom stereocenters. The fourth-order valence-corrected chi connectivity index (χ4v) is 3.36. The van der Waals surface area contributed by atoms with Gasteiger partial charge in [0.05, 0.1) is 4.92 Å². The number of benzene rings is 1. The Morgan fingerprint density at radius 2 is 2.12 bits per heavy atom. The lowest BCUT2D eigenvalue weighted by Crippen LogP contribution is -2.21. The van der Waals surface area contributed by atoms with Crippen LogP contribution in [0.2, 0.25) is 0 Å². The molecule has 0 amide bonds. The van der Waals surface area contributed by atoms with Crippen LogP contribution in [0.1, 0.15) is 24.1 Å². The minimum absolute atomic E-state index is 0.0696. The van der Waals surface area contributed by atoms with Gasteiger partial charge in [-0.15, -0.1) is 0 Å². The Kier molecular flexibility index (Phi) is 4.39. The van der Waals surface area contributed by atoms with Crippen molar-refractivity contribution in [2.45, 2.75) is 32.2 Å². The molecule has 7 nitrogen and oxygen atoms in total. The topological polar surface area (TPSA) is 98.3 Å². The molecule has 0 aliphatic heterocycles. The molecule has 3 rings (SSSR count). The Morgan fingerprint density at radius 3 is 2.83 bits per heavy atom. The van der Waals surface area contributed by atoms with Crippen molar-refractivity contribution in [1.82, 2.24) is 9.55 Å². The zero-order chi connectivity index (χ0) is 17.3. The summed E-state index contributed by atoms with van der Waals surface area (Å²) >= 11 is 5.38. The van der Waals surface area contributed by atoms with Crippen molar-refractivity contribution in [2.24, 2.45) is 0 Å². The average molecular weight is 345 g/mol. The molecule has 0 unspecified atom stereocenters. The first-order chi connectivity index (χ1) is 11.5. The first kappa shape index (κ1) is 16.3. The van der Waals surface area contributed by atoms with Crippen LogP contribution in [-0.2, 0) is 24.2 Å². The molecule has 1 heterocycles. The number of fused-ring (bicyclic) bond motifs is 1. The Labute approximate surface area is 142 Å². The highest BCUT2D eigenvalue weighted by atomic mass is 32.1. The number of hydrogen-bond acceptors (Lipinski definition) is 5. The highest BCUT2D eigenvalue weighted by Crippen LogP contribution is 2.28. The molecule has 0 spiro atoms. The standard InChI is InChI=1S/C16H15N3O4S/c20-14(21)9-18-13-7-2-1-6-12(13)16(24)17-15(18)10-4-3-5-11(8-10)19(22)23/h3-5,8H,1-2,6-7,9H2,(H,20,21). The summed E-state index contributed by atoms with van der Waals surface area (Å²) in [5, 5.41) is 20.3. The summed E-state index contributed by atoms with van der Waals surface area (Å²) in [6.07, 6.45) is 3.48. The molecule has 24 heavy (non-hydrogen) atoms. The largest absolute Gasteiger partial charge is 0.480 e. The van der Waals surface area contributed by atoms with Gasteiger partial charge in [-0.05, 0) is 25.7 Å². The normalized spacial score (nSPS) is 13.3. The van der Waals surface area contributed by atoms with E-state index in [1.807, 2.05) is 0 Å². The van der Waals surface area contributed by atoms with Crippen molar-refractivity contribution < 1.29 is 14.8 Å². The minimum Gasteiger partial charge on any atom is -0.480 e. The third-order valence-electron chi connectivity index (χ3n) is 4.09. The van der Waals surface area contributed by atoms with Crippen molar-refractivity contribution in [3.8, 4) is 11.4 Å². The van der Waals surface area contributed by atoms with Gasteiger partial charge in [-0.2, -0.15) is 0 Å². The van der Waals surface area contributed by atoms with Gasteiger partial charge in [0, 0.05) is 29.0 Å². The van der Waals surface area contributed by atoms with Gasteiger partial charge in [0.25, 0.3) is 5.69 Å². The number of nitro groups is 1. The number of hydrogen-bond donors (Lipinski definition) is 1. The zero-order valence-electron chi connectivity index (χ0n) is 12.8. The summed E-state index contributed by atoms with van der Waals surface area (Å²) in [4.78, 5) is 26.2. The molecular weight excluding hydrogens is 330 g/mol. The molecule has 0 saturated carbocycles. The van der Waals surface area contributed by atoms with Crippen molar-refractivity contribution >= 4 is 23.9 Å². The van der Waals surface area contributed by atoms with E-state index < -0.39 is 10.9 Å². The van der Waals surface area contributed by atoms with E-state index in [-0.39, 0.29) is 12.2 Å². The number of nitrogens with zero attached hydrogens (tertiary/aromatic N) is 3. The van der Waals surface area contributed by atoms with Crippen LogP contribution in [0.3, 0.4) is 0 Å². The van der Waals surface area contributed by atoms with Crippen LogP contribution in [0.25, 0.3) is 11.4 Å². The van der Waals surface area contributed by atoms with Gasteiger partial charge in [-0.25, -0.2) is 4.98 Å². The maximum atomic E-state index is 11.3. The van der Waals surface area contributed by atoms with Gasteiger partial charge < -0.3 is 9.67 Å². The van der Waals surface area contributed by atoms with Crippen molar-refractivity contribution in [3.63, 3.8) is 0 Å². The summed E-state index contributed by atoms with van der Waals surface area (Å²) in [6, 6.07) is 6.02. The number of carboxylic acid groups (broad SMARTS) is 1. The molecule has 0 radical (unpaired) electrons. The summed E-state index contributed by atoms with van der Waals surface area (Å²) < 4.78 is 2.08. The molecule has 1 aliphatic rings. The van der Waals surface area contributed by atoms with Crippen molar-refractivity contribution in [2.75, 3.05) is 0 Å². The number of non-ortho nitro benzene ring substituents is 1. The van der Waals surface area contributed by atoms with E-state index in [9.17, 15) is 20.0 Å². The summed E-state index contributed by atoms with van der Waals surface area (Å²) in [6.45, 7) is -0.247. The van der Waals surface area contributed by atoms with E-state index in [4.69, 9.17) is 12.2 Å². The van der Waals surface area contributed by atoms with Crippen LogP contribution in [-0.4, -0.2) is 25.6 Å². The predicted molar refractivity (Wildman–Crippen MR) is 89.4 cm³/mol. The van der Waals surface area contributed by atoms with Gasteiger partial charge >= 0.3 is 5.97 Å². The lowest BCUT2D eigenvalue weighted by atomic mass is 9.96. The molecule has 8 heteroatoms. The molecule has 1 aromatic heterocycles. The van der Waals surface area contributed by atoms with E-state index >= 15 is 0 Å². The molecule has 124 valence electrons. The van der Waals surface area contributed by atoms with Gasteiger partial charge in [0.15, 0.2) is 0 Å².